The van der Waals surface area contributed by atoms with Crippen LogP contribution in [-0.2, 0) is 0 Å². The molecular weight excluding hydrogens is 560 g/mol. The Bertz CT molecular complexity index is 2520. The molecule has 0 fully saturated rings. The van der Waals surface area contributed by atoms with Crippen molar-refractivity contribution in [1.82, 2.24) is 19.9 Å². The minimum Gasteiger partial charge on any atom is -0.263 e. The van der Waals surface area contributed by atoms with Gasteiger partial charge in [-0.25, -0.2) is 9.97 Å². The first kappa shape index (κ1) is 26.4. The molecule has 0 amide bonds. The van der Waals surface area contributed by atoms with E-state index in [9.17, 15) is 0 Å². The number of fused-ring (bicyclic) bond motifs is 5. The normalized spacial score (nSPS) is 13.1. The van der Waals surface area contributed by atoms with Gasteiger partial charge < -0.3 is 0 Å². The highest BCUT2D eigenvalue weighted by molar-refractivity contribution is 6.16. The summed E-state index contributed by atoms with van der Waals surface area (Å²) in [6.07, 6.45) is 14.3. The molecule has 8 aromatic rings. The van der Waals surface area contributed by atoms with Gasteiger partial charge in [0, 0.05) is 51.3 Å². The van der Waals surface area contributed by atoms with Crippen molar-refractivity contribution in [3.05, 3.63) is 152 Å². The predicted octanol–water partition coefficient (Wildman–Crippen LogP) is 10.6. The van der Waals surface area contributed by atoms with E-state index in [1.54, 1.807) is 0 Å². The molecule has 0 N–H and O–H groups in total. The lowest BCUT2D eigenvalue weighted by atomic mass is 9.91. The zero-order valence-corrected chi connectivity index (χ0v) is 25.1. The van der Waals surface area contributed by atoms with Crippen LogP contribution in [0.1, 0.15) is 18.5 Å². The largest absolute Gasteiger partial charge is 0.263 e. The first-order valence-corrected chi connectivity index (χ1v) is 15.7. The molecule has 4 heterocycles. The molecule has 0 bridgehead atoms. The van der Waals surface area contributed by atoms with Gasteiger partial charge in [-0.05, 0) is 64.8 Å². The van der Waals surface area contributed by atoms with Gasteiger partial charge in [-0.1, -0.05) is 103 Å². The number of pyridine rings is 4. The van der Waals surface area contributed by atoms with Crippen LogP contribution in [0.4, 0.5) is 0 Å². The fraction of sp³-hybridized carbons (Fsp3) is 0.0476. The quantitative estimate of drug-likeness (QED) is 0.192. The van der Waals surface area contributed by atoms with Crippen LogP contribution in [0.2, 0.25) is 0 Å². The summed E-state index contributed by atoms with van der Waals surface area (Å²) in [5.74, 6) is 0. The number of nitrogens with zero attached hydrogens (tertiary/aromatic N) is 4. The molecule has 0 atom stereocenters. The Labute approximate surface area is 266 Å². The van der Waals surface area contributed by atoms with Crippen molar-refractivity contribution in [2.45, 2.75) is 12.8 Å². The van der Waals surface area contributed by atoms with Gasteiger partial charge in [-0.3, -0.25) is 9.97 Å². The Morgan fingerprint density at radius 3 is 2.09 bits per heavy atom. The van der Waals surface area contributed by atoms with Gasteiger partial charge in [0.05, 0.1) is 27.9 Å². The average Bonchev–Trinajstić information content (AvgIpc) is 3.14. The highest BCUT2D eigenvalue weighted by Gasteiger charge is 2.19. The zero-order chi connectivity index (χ0) is 30.5. The number of hydrogen-bond acceptors (Lipinski definition) is 4. The van der Waals surface area contributed by atoms with Crippen LogP contribution < -0.4 is 0 Å². The average molecular weight is 589 g/mol. The lowest BCUT2D eigenvalue weighted by Crippen LogP contribution is -1.99. The highest BCUT2D eigenvalue weighted by atomic mass is 14.8. The molecule has 9 rings (SSSR count). The summed E-state index contributed by atoms with van der Waals surface area (Å²) in [5.41, 5.74) is 11.4. The second-order valence-electron chi connectivity index (χ2n) is 11.8. The molecule has 0 unspecified atom stereocenters. The third kappa shape index (κ3) is 4.38. The molecule has 0 aliphatic heterocycles. The molecular formula is C42H28N4. The van der Waals surface area contributed by atoms with Gasteiger partial charge in [0.15, 0.2) is 0 Å². The van der Waals surface area contributed by atoms with Crippen LogP contribution in [0.25, 0.3) is 82.6 Å². The van der Waals surface area contributed by atoms with Crippen molar-refractivity contribution in [1.29, 1.82) is 0 Å². The fourth-order valence-corrected chi connectivity index (χ4v) is 6.82. The van der Waals surface area contributed by atoms with Crippen molar-refractivity contribution < 1.29 is 0 Å². The SMILES string of the molecule is C1=CCCC(c2cc(-c3cncc4ccccc34)c3ccc4c(-c5ccnc6ccccc56)cc(-c5ccccc5)nc4c3n2)=C1. The van der Waals surface area contributed by atoms with E-state index in [4.69, 9.17) is 9.97 Å². The van der Waals surface area contributed by atoms with E-state index in [0.717, 1.165) is 90.1 Å². The number of aromatic nitrogens is 4. The minimum absolute atomic E-state index is 0.887. The van der Waals surface area contributed by atoms with Crippen molar-refractivity contribution in [3.63, 3.8) is 0 Å². The Balaban J connectivity index is 1.43. The predicted molar refractivity (Wildman–Crippen MR) is 190 cm³/mol. The van der Waals surface area contributed by atoms with E-state index in [1.165, 1.54) is 11.0 Å². The van der Waals surface area contributed by atoms with Crippen molar-refractivity contribution >= 4 is 49.1 Å². The van der Waals surface area contributed by atoms with Crippen LogP contribution in [0.5, 0.6) is 0 Å². The maximum absolute atomic E-state index is 5.43. The number of rotatable bonds is 4. The maximum Gasteiger partial charge on any atom is 0.0978 e. The first-order chi connectivity index (χ1) is 22.8. The number of hydrogen-bond donors (Lipinski definition) is 0. The highest BCUT2D eigenvalue weighted by Crippen LogP contribution is 2.41. The third-order valence-electron chi connectivity index (χ3n) is 9.07. The van der Waals surface area contributed by atoms with E-state index in [2.05, 4.69) is 125 Å². The van der Waals surface area contributed by atoms with Crippen molar-refractivity contribution in [2.24, 2.45) is 0 Å². The van der Waals surface area contributed by atoms with E-state index in [0.29, 0.717) is 0 Å². The number of benzene rings is 4. The monoisotopic (exact) mass is 588 g/mol. The van der Waals surface area contributed by atoms with E-state index in [-0.39, 0.29) is 0 Å². The molecule has 4 heteroatoms. The summed E-state index contributed by atoms with van der Waals surface area (Å²) in [6.45, 7) is 0. The molecule has 0 saturated carbocycles. The Hall–Kier alpha value is -6.00. The van der Waals surface area contributed by atoms with Crippen LogP contribution in [-0.4, -0.2) is 19.9 Å². The lowest BCUT2D eigenvalue weighted by molar-refractivity contribution is 1.04. The Kier molecular flexibility index (Phi) is 6.24. The topological polar surface area (TPSA) is 51.6 Å². The summed E-state index contributed by atoms with van der Waals surface area (Å²) in [5, 5.41) is 5.52. The summed E-state index contributed by atoms with van der Waals surface area (Å²) < 4.78 is 0. The fourth-order valence-electron chi connectivity index (χ4n) is 6.82. The second kappa shape index (κ2) is 10.9. The van der Waals surface area contributed by atoms with E-state index < -0.39 is 0 Å². The maximum atomic E-state index is 5.43. The van der Waals surface area contributed by atoms with Gasteiger partial charge in [-0.2, -0.15) is 0 Å². The van der Waals surface area contributed by atoms with Crippen molar-refractivity contribution in [3.8, 4) is 33.5 Å². The van der Waals surface area contributed by atoms with E-state index >= 15 is 0 Å². The molecule has 1 aliphatic rings. The molecule has 0 radical (unpaired) electrons. The summed E-state index contributed by atoms with van der Waals surface area (Å²) in [6, 6.07) is 38.3. The standard InChI is InChI=1S/C42H28N4/c1-3-11-27(12-4-1)39-23-35(31-21-22-44-38-18-10-9-17-32(31)38)33-19-20-34-36(37-26-43-25-29-15-7-8-16-30(29)37)24-40(28-13-5-2-6-14-28)46-42(34)41(33)45-39/h1-5,7-13,15-26H,6,14H2. The Morgan fingerprint density at radius 1 is 0.543 bits per heavy atom. The summed E-state index contributed by atoms with van der Waals surface area (Å²) in [4.78, 5) is 20.2. The Morgan fingerprint density at radius 2 is 1.26 bits per heavy atom. The molecule has 1 aliphatic carbocycles. The molecule has 216 valence electrons. The van der Waals surface area contributed by atoms with Gasteiger partial charge in [0.25, 0.3) is 0 Å². The van der Waals surface area contributed by atoms with Crippen LogP contribution >= 0.6 is 0 Å². The van der Waals surface area contributed by atoms with Gasteiger partial charge in [-0.15, -0.1) is 0 Å². The van der Waals surface area contributed by atoms with Crippen LogP contribution in [0.3, 0.4) is 0 Å². The van der Waals surface area contributed by atoms with Crippen molar-refractivity contribution in [2.75, 3.05) is 0 Å². The summed E-state index contributed by atoms with van der Waals surface area (Å²) >= 11 is 0. The first-order valence-electron chi connectivity index (χ1n) is 15.7. The van der Waals surface area contributed by atoms with Crippen LogP contribution in [0.15, 0.2) is 146 Å². The van der Waals surface area contributed by atoms with Gasteiger partial charge in [0.2, 0.25) is 0 Å². The number of allylic oxidation sites excluding steroid dienone is 4. The molecule has 0 saturated heterocycles. The molecule has 0 spiro atoms. The van der Waals surface area contributed by atoms with E-state index in [1.807, 2.05) is 30.7 Å². The van der Waals surface area contributed by atoms with Crippen LogP contribution in [0, 0.1) is 0 Å². The molecule has 4 aromatic heterocycles. The smallest absolute Gasteiger partial charge is 0.0978 e. The van der Waals surface area contributed by atoms with Gasteiger partial charge >= 0.3 is 0 Å². The summed E-state index contributed by atoms with van der Waals surface area (Å²) in [7, 11) is 0. The molecule has 46 heavy (non-hydrogen) atoms. The number of para-hydroxylation sites is 1. The minimum atomic E-state index is 0.887. The second-order valence-corrected chi connectivity index (χ2v) is 11.8. The molecule has 4 nitrogen and oxygen atoms in total. The zero-order valence-electron chi connectivity index (χ0n) is 25.1. The van der Waals surface area contributed by atoms with Gasteiger partial charge in [0.1, 0.15) is 0 Å². The lowest BCUT2D eigenvalue weighted by Gasteiger charge is -2.17. The third-order valence-corrected chi connectivity index (χ3v) is 9.07. The molecule has 4 aromatic carbocycles.